The van der Waals surface area contributed by atoms with E-state index in [1.165, 1.54) is 11.1 Å². The van der Waals surface area contributed by atoms with Gasteiger partial charge in [-0.15, -0.1) is 12.4 Å². The molecule has 0 saturated heterocycles. The number of halogens is 1. The maximum Gasteiger partial charge on any atom is 0.0422 e. The Morgan fingerprint density at radius 3 is 2.07 bits per heavy atom. The maximum absolute atomic E-state index is 5.91. The maximum atomic E-state index is 5.91. The Balaban J connectivity index is 0.00000169. The summed E-state index contributed by atoms with van der Waals surface area (Å²) in [5, 5.41) is 0. The zero-order valence-electron chi connectivity index (χ0n) is 8.73. The van der Waals surface area contributed by atoms with Crippen LogP contribution in [0.1, 0.15) is 36.9 Å². The average molecular weight is 215 g/mol. The molecule has 0 bridgehead atoms. The van der Waals surface area contributed by atoms with Gasteiger partial charge in [-0.05, 0) is 17.0 Å². The smallest absolute Gasteiger partial charge is 0.0422 e. The lowest BCUT2D eigenvalue weighted by molar-refractivity contribution is 0.710. The molecule has 0 aliphatic heterocycles. The second-order valence-electron chi connectivity index (χ2n) is 3.63. The van der Waals surface area contributed by atoms with E-state index in [2.05, 4.69) is 26.0 Å². The highest BCUT2D eigenvalue weighted by atomic mass is 35.5. The van der Waals surface area contributed by atoms with Crippen molar-refractivity contribution in [3.8, 4) is 0 Å². The number of hydrogen-bond donors (Lipinski definition) is 2. The van der Waals surface area contributed by atoms with Gasteiger partial charge in [-0.2, -0.15) is 0 Å². The van der Waals surface area contributed by atoms with Gasteiger partial charge < -0.3 is 11.5 Å². The molecule has 2 nitrogen and oxygen atoms in total. The van der Waals surface area contributed by atoms with Crippen molar-refractivity contribution in [2.45, 2.75) is 25.8 Å². The summed E-state index contributed by atoms with van der Waals surface area (Å²) >= 11 is 0. The first-order valence-corrected chi connectivity index (χ1v) is 4.71. The summed E-state index contributed by atoms with van der Waals surface area (Å²) in [4.78, 5) is 0. The summed E-state index contributed by atoms with van der Waals surface area (Å²) in [6.07, 6.45) is 0. The Hall–Kier alpha value is -0.570. The van der Waals surface area contributed by atoms with Gasteiger partial charge in [-0.3, -0.25) is 0 Å². The van der Waals surface area contributed by atoms with Gasteiger partial charge in [0.25, 0.3) is 0 Å². The highest BCUT2D eigenvalue weighted by molar-refractivity contribution is 5.85. The van der Waals surface area contributed by atoms with E-state index in [-0.39, 0.29) is 18.4 Å². The van der Waals surface area contributed by atoms with Gasteiger partial charge in [0.15, 0.2) is 0 Å². The molecule has 0 spiro atoms. The van der Waals surface area contributed by atoms with Crippen LogP contribution in [0.5, 0.6) is 0 Å². The minimum absolute atomic E-state index is 0. The third kappa shape index (κ3) is 2.98. The predicted molar refractivity (Wildman–Crippen MR) is 63.8 cm³/mol. The fourth-order valence-corrected chi connectivity index (χ4v) is 1.50. The SMILES string of the molecule is CC(C)c1ccccc1[C@@H](N)CN.Cl. The molecule has 0 aliphatic rings. The molecule has 0 heterocycles. The average Bonchev–Trinajstić information content (AvgIpc) is 2.16. The largest absolute Gasteiger partial charge is 0.329 e. The van der Waals surface area contributed by atoms with Crippen LogP contribution >= 0.6 is 12.4 Å². The summed E-state index contributed by atoms with van der Waals surface area (Å²) < 4.78 is 0. The molecule has 0 aliphatic carbocycles. The third-order valence-corrected chi connectivity index (χ3v) is 2.27. The summed E-state index contributed by atoms with van der Waals surface area (Å²) in [6.45, 7) is 4.84. The first-order chi connectivity index (χ1) is 6.16. The van der Waals surface area contributed by atoms with Crippen molar-refractivity contribution in [2.75, 3.05) is 6.54 Å². The molecule has 3 heteroatoms. The molecular weight excluding hydrogens is 196 g/mol. The topological polar surface area (TPSA) is 52.0 Å². The fraction of sp³-hybridized carbons (Fsp3) is 0.455. The van der Waals surface area contributed by atoms with Gasteiger partial charge in [0.2, 0.25) is 0 Å². The summed E-state index contributed by atoms with van der Waals surface area (Å²) in [6, 6.07) is 8.21. The standard InChI is InChI=1S/C11H18N2.ClH/c1-8(2)9-5-3-4-6-10(9)11(13)7-12;/h3-6,8,11H,7,12-13H2,1-2H3;1H/t11-;/m0./s1. The van der Waals surface area contributed by atoms with Crippen molar-refractivity contribution in [1.29, 1.82) is 0 Å². The van der Waals surface area contributed by atoms with E-state index >= 15 is 0 Å². The fourth-order valence-electron chi connectivity index (χ4n) is 1.50. The van der Waals surface area contributed by atoms with E-state index in [4.69, 9.17) is 11.5 Å². The monoisotopic (exact) mass is 214 g/mol. The second kappa shape index (κ2) is 6.02. The molecule has 1 aromatic rings. The van der Waals surface area contributed by atoms with Crippen molar-refractivity contribution in [1.82, 2.24) is 0 Å². The lowest BCUT2D eigenvalue weighted by Crippen LogP contribution is -2.22. The molecule has 0 saturated carbocycles. The molecule has 0 aromatic heterocycles. The molecule has 1 rings (SSSR count). The van der Waals surface area contributed by atoms with Gasteiger partial charge >= 0.3 is 0 Å². The molecule has 14 heavy (non-hydrogen) atoms. The molecule has 0 amide bonds. The van der Waals surface area contributed by atoms with Gasteiger partial charge in [0.05, 0.1) is 0 Å². The Morgan fingerprint density at radius 1 is 1.14 bits per heavy atom. The number of rotatable bonds is 3. The quantitative estimate of drug-likeness (QED) is 0.811. The summed E-state index contributed by atoms with van der Waals surface area (Å²) in [5.41, 5.74) is 13.9. The lowest BCUT2D eigenvalue weighted by atomic mass is 9.93. The van der Waals surface area contributed by atoms with Crippen LogP contribution in [-0.4, -0.2) is 6.54 Å². The Kier molecular flexibility index (Phi) is 5.77. The molecule has 0 fully saturated rings. The van der Waals surface area contributed by atoms with E-state index < -0.39 is 0 Å². The van der Waals surface area contributed by atoms with Crippen LogP contribution < -0.4 is 11.5 Å². The Bertz CT molecular complexity index is 274. The van der Waals surface area contributed by atoms with Gasteiger partial charge in [-0.1, -0.05) is 38.1 Å². The van der Waals surface area contributed by atoms with Crippen molar-refractivity contribution in [3.63, 3.8) is 0 Å². The number of nitrogens with two attached hydrogens (primary N) is 2. The minimum Gasteiger partial charge on any atom is -0.329 e. The van der Waals surface area contributed by atoms with E-state index in [0.29, 0.717) is 12.5 Å². The van der Waals surface area contributed by atoms with Crippen molar-refractivity contribution in [2.24, 2.45) is 11.5 Å². The highest BCUT2D eigenvalue weighted by Gasteiger charge is 2.10. The Morgan fingerprint density at radius 2 is 1.64 bits per heavy atom. The highest BCUT2D eigenvalue weighted by Crippen LogP contribution is 2.22. The van der Waals surface area contributed by atoms with Gasteiger partial charge in [0, 0.05) is 12.6 Å². The molecular formula is C11H19ClN2. The normalized spacial score (nSPS) is 12.4. The molecule has 1 aromatic carbocycles. The first-order valence-electron chi connectivity index (χ1n) is 4.71. The lowest BCUT2D eigenvalue weighted by Gasteiger charge is -2.16. The molecule has 0 unspecified atom stereocenters. The van der Waals surface area contributed by atoms with Crippen LogP contribution in [0.4, 0.5) is 0 Å². The molecule has 1 atom stereocenters. The predicted octanol–water partition coefficient (Wildman–Crippen LogP) is 2.19. The van der Waals surface area contributed by atoms with Gasteiger partial charge in [-0.25, -0.2) is 0 Å². The summed E-state index contributed by atoms with van der Waals surface area (Å²) in [7, 11) is 0. The zero-order valence-corrected chi connectivity index (χ0v) is 9.55. The van der Waals surface area contributed by atoms with E-state index in [1.54, 1.807) is 0 Å². The van der Waals surface area contributed by atoms with E-state index in [0.717, 1.165) is 0 Å². The van der Waals surface area contributed by atoms with Crippen LogP contribution in [0.25, 0.3) is 0 Å². The minimum atomic E-state index is -0.0291. The number of hydrogen-bond acceptors (Lipinski definition) is 2. The van der Waals surface area contributed by atoms with Crippen LogP contribution in [0.15, 0.2) is 24.3 Å². The first kappa shape index (κ1) is 13.4. The second-order valence-corrected chi connectivity index (χ2v) is 3.63. The van der Waals surface area contributed by atoms with Crippen LogP contribution in [-0.2, 0) is 0 Å². The molecule has 4 N–H and O–H groups in total. The van der Waals surface area contributed by atoms with Crippen molar-refractivity contribution < 1.29 is 0 Å². The Labute approximate surface area is 92.1 Å². The third-order valence-electron chi connectivity index (χ3n) is 2.27. The van der Waals surface area contributed by atoms with Crippen LogP contribution in [0.3, 0.4) is 0 Å². The van der Waals surface area contributed by atoms with Crippen molar-refractivity contribution >= 4 is 12.4 Å². The zero-order chi connectivity index (χ0) is 9.84. The summed E-state index contributed by atoms with van der Waals surface area (Å²) in [5.74, 6) is 0.508. The van der Waals surface area contributed by atoms with Crippen LogP contribution in [0.2, 0.25) is 0 Å². The van der Waals surface area contributed by atoms with Crippen molar-refractivity contribution in [3.05, 3.63) is 35.4 Å². The van der Waals surface area contributed by atoms with Crippen LogP contribution in [0, 0.1) is 0 Å². The molecule has 0 radical (unpaired) electrons. The van der Waals surface area contributed by atoms with E-state index in [1.807, 2.05) is 12.1 Å². The number of benzene rings is 1. The van der Waals surface area contributed by atoms with Gasteiger partial charge in [0.1, 0.15) is 0 Å². The van der Waals surface area contributed by atoms with E-state index in [9.17, 15) is 0 Å². The molecule has 80 valence electrons.